The van der Waals surface area contributed by atoms with Gasteiger partial charge in [-0.05, 0) is 44.0 Å². The Morgan fingerprint density at radius 2 is 2.25 bits per heavy atom. The molecule has 0 heterocycles. The minimum atomic E-state index is -0.198. The van der Waals surface area contributed by atoms with Gasteiger partial charge in [0.15, 0.2) is 0 Å². The fourth-order valence-corrected chi connectivity index (χ4v) is 1.54. The molecule has 0 bridgehead atoms. The predicted molar refractivity (Wildman–Crippen MR) is 62.3 cm³/mol. The van der Waals surface area contributed by atoms with Gasteiger partial charge in [0.2, 0.25) is 0 Å². The van der Waals surface area contributed by atoms with E-state index in [9.17, 15) is 4.39 Å². The Bertz CT molecular complexity index is 357. The molecule has 1 aromatic rings. The van der Waals surface area contributed by atoms with Crippen molar-refractivity contribution in [1.29, 1.82) is 5.26 Å². The van der Waals surface area contributed by atoms with Gasteiger partial charge in [0.25, 0.3) is 0 Å². The van der Waals surface area contributed by atoms with Crippen LogP contribution in [0.3, 0.4) is 0 Å². The zero-order valence-electron chi connectivity index (χ0n) is 9.54. The van der Waals surface area contributed by atoms with Gasteiger partial charge in [-0.3, -0.25) is 0 Å². The molecule has 0 aliphatic carbocycles. The fourth-order valence-electron chi connectivity index (χ4n) is 1.54. The summed E-state index contributed by atoms with van der Waals surface area (Å²) in [4.78, 5) is 0. The summed E-state index contributed by atoms with van der Waals surface area (Å²) in [6.45, 7) is 2.87. The molecule has 0 radical (unpaired) electrons. The number of nitriles is 1. The van der Waals surface area contributed by atoms with Crippen LogP contribution in [0.4, 0.5) is 4.39 Å². The molecule has 0 fully saturated rings. The van der Waals surface area contributed by atoms with Crippen molar-refractivity contribution in [3.63, 3.8) is 0 Å². The van der Waals surface area contributed by atoms with Crippen LogP contribution in [0.2, 0.25) is 0 Å². The molecule has 0 aliphatic heterocycles. The minimum absolute atomic E-state index is 0.151. The molecular weight excluding hydrogens is 203 g/mol. The van der Waals surface area contributed by atoms with Crippen molar-refractivity contribution in [1.82, 2.24) is 5.32 Å². The molecule has 0 amide bonds. The lowest BCUT2D eigenvalue weighted by molar-refractivity contribution is 0.543. The third-order valence-corrected chi connectivity index (χ3v) is 2.51. The van der Waals surface area contributed by atoms with Crippen LogP contribution in [0.15, 0.2) is 24.3 Å². The maximum Gasteiger partial charge on any atom is 0.123 e. The minimum Gasteiger partial charge on any atom is -0.310 e. The molecule has 16 heavy (non-hydrogen) atoms. The van der Waals surface area contributed by atoms with E-state index < -0.39 is 0 Å². The number of benzene rings is 1. The first-order chi connectivity index (χ1) is 7.74. The standard InChI is InChI=1S/C13H17FN2/c1-11(16-9-4-2-3-8-15)12-6-5-7-13(14)10-12/h5-7,10-11,16H,2-4,9H2,1H3/t11-/m1/s1. The number of halogens is 1. The predicted octanol–water partition coefficient (Wildman–Crippen LogP) is 3.17. The molecule has 0 saturated carbocycles. The first-order valence-corrected chi connectivity index (χ1v) is 5.60. The van der Waals surface area contributed by atoms with Gasteiger partial charge in [0.05, 0.1) is 6.07 Å². The molecule has 0 unspecified atom stereocenters. The Labute approximate surface area is 96.1 Å². The smallest absolute Gasteiger partial charge is 0.123 e. The van der Waals surface area contributed by atoms with E-state index in [0.717, 1.165) is 24.9 Å². The normalized spacial score (nSPS) is 12.1. The fraction of sp³-hybridized carbons (Fsp3) is 0.462. The number of nitrogens with one attached hydrogen (secondary N) is 1. The molecule has 0 spiro atoms. The number of hydrogen-bond acceptors (Lipinski definition) is 2. The van der Waals surface area contributed by atoms with Crippen molar-refractivity contribution in [2.45, 2.75) is 32.2 Å². The van der Waals surface area contributed by atoms with E-state index >= 15 is 0 Å². The van der Waals surface area contributed by atoms with Crippen LogP contribution in [0.25, 0.3) is 0 Å². The quantitative estimate of drug-likeness (QED) is 0.747. The number of rotatable bonds is 6. The van der Waals surface area contributed by atoms with Crippen LogP contribution < -0.4 is 5.32 Å². The molecule has 1 rings (SSSR count). The molecule has 0 aromatic heterocycles. The van der Waals surface area contributed by atoms with E-state index in [1.807, 2.05) is 13.0 Å². The SMILES string of the molecule is C[C@@H](NCCCCC#N)c1cccc(F)c1. The highest BCUT2D eigenvalue weighted by Crippen LogP contribution is 2.13. The number of nitrogens with zero attached hydrogens (tertiary/aromatic N) is 1. The summed E-state index contributed by atoms with van der Waals surface area (Å²) in [5.41, 5.74) is 0.959. The summed E-state index contributed by atoms with van der Waals surface area (Å²) in [5, 5.41) is 11.7. The third-order valence-electron chi connectivity index (χ3n) is 2.51. The Balaban J connectivity index is 2.30. The molecule has 3 heteroatoms. The molecule has 2 nitrogen and oxygen atoms in total. The number of unbranched alkanes of at least 4 members (excludes halogenated alkanes) is 2. The monoisotopic (exact) mass is 220 g/mol. The van der Waals surface area contributed by atoms with Gasteiger partial charge in [-0.25, -0.2) is 4.39 Å². The summed E-state index contributed by atoms with van der Waals surface area (Å²) in [7, 11) is 0. The topological polar surface area (TPSA) is 35.8 Å². The first kappa shape index (κ1) is 12.7. The zero-order valence-corrected chi connectivity index (χ0v) is 9.54. The molecule has 0 saturated heterocycles. The second-order valence-electron chi connectivity index (χ2n) is 3.85. The highest BCUT2D eigenvalue weighted by molar-refractivity contribution is 5.19. The van der Waals surface area contributed by atoms with E-state index in [4.69, 9.17) is 5.26 Å². The van der Waals surface area contributed by atoms with Crippen molar-refractivity contribution in [3.05, 3.63) is 35.6 Å². The largest absolute Gasteiger partial charge is 0.310 e. The molecule has 86 valence electrons. The Hall–Kier alpha value is -1.40. The average molecular weight is 220 g/mol. The van der Waals surface area contributed by atoms with Gasteiger partial charge in [-0.2, -0.15) is 5.26 Å². The van der Waals surface area contributed by atoms with E-state index in [1.165, 1.54) is 6.07 Å². The number of hydrogen-bond donors (Lipinski definition) is 1. The van der Waals surface area contributed by atoms with Gasteiger partial charge in [-0.1, -0.05) is 12.1 Å². The van der Waals surface area contributed by atoms with Crippen molar-refractivity contribution in [2.75, 3.05) is 6.54 Å². The molecule has 1 N–H and O–H groups in total. The van der Waals surface area contributed by atoms with Crippen LogP contribution in [-0.4, -0.2) is 6.54 Å². The van der Waals surface area contributed by atoms with Crippen LogP contribution in [0, 0.1) is 17.1 Å². The summed E-state index contributed by atoms with van der Waals surface area (Å²) in [6, 6.07) is 8.90. The van der Waals surface area contributed by atoms with E-state index in [1.54, 1.807) is 12.1 Å². The van der Waals surface area contributed by atoms with Gasteiger partial charge in [0.1, 0.15) is 5.82 Å². The van der Waals surface area contributed by atoms with Crippen molar-refractivity contribution in [3.8, 4) is 6.07 Å². The second kappa shape index (κ2) is 6.97. The Morgan fingerprint density at radius 1 is 1.44 bits per heavy atom. The van der Waals surface area contributed by atoms with E-state index in [0.29, 0.717) is 6.42 Å². The highest BCUT2D eigenvalue weighted by atomic mass is 19.1. The lowest BCUT2D eigenvalue weighted by Gasteiger charge is -2.13. The summed E-state index contributed by atoms with van der Waals surface area (Å²) in [5.74, 6) is -0.198. The van der Waals surface area contributed by atoms with Crippen LogP contribution in [0.1, 0.15) is 37.8 Å². The molecule has 1 aromatic carbocycles. The van der Waals surface area contributed by atoms with Crippen molar-refractivity contribution in [2.24, 2.45) is 0 Å². The van der Waals surface area contributed by atoms with Gasteiger partial charge in [-0.15, -0.1) is 0 Å². The van der Waals surface area contributed by atoms with Crippen LogP contribution in [0.5, 0.6) is 0 Å². The third kappa shape index (κ3) is 4.41. The summed E-state index contributed by atoms with van der Waals surface area (Å²) < 4.78 is 13.0. The van der Waals surface area contributed by atoms with Crippen molar-refractivity contribution >= 4 is 0 Å². The van der Waals surface area contributed by atoms with Crippen LogP contribution >= 0.6 is 0 Å². The molecular formula is C13H17FN2. The zero-order chi connectivity index (χ0) is 11.8. The van der Waals surface area contributed by atoms with Gasteiger partial charge < -0.3 is 5.32 Å². The van der Waals surface area contributed by atoms with E-state index in [2.05, 4.69) is 11.4 Å². The maximum absolute atomic E-state index is 13.0. The van der Waals surface area contributed by atoms with Crippen molar-refractivity contribution < 1.29 is 4.39 Å². The van der Waals surface area contributed by atoms with Gasteiger partial charge >= 0.3 is 0 Å². The molecule has 0 aliphatic rings. The summed E-state index contributed by atoms with van der Waals surface area (Å²) >= 11 is 0. The van der Waals surface area contributed by atoms with Gasteiger partial charge in [0, 0.05) is 12.5 Å². The summed E-state index contributed by atoms with van der Waals surface area (Å²) in [6.07, 6.45) is 2.50. The Kier molecular flexibility index (Phi) is 5.52. The van der Waals surface area contributed by atoms with Crippen LogP contribution in [-0.2, 0) is 0 Å². The lowest BCUT2D eigenvalue weighted by atomic mass is 10.1. The lowest BCUT2D eigenvalue weighted by Crippen LogP contribution is -2.19. The second-order valence-corrected chi connectivity index (χ2v) is 3.85. The molecule has 1 atom stereocenters. The van der Waals surface area contributed by atoms with E-state index in [-0.39, 0.29) is 11.9 Å². The average Bonchev–Trinajstić information content (AvgIpc) is 2.28. The Morgan fingerprint density at radius 3 is 2.94 bits per heavy atom. The first-order valence-electron chi connectivity index (χ1n) is 5.60. The maximum atomic E-state index is 13.0. The highest BCUT2D eigenvalue weighted by Gasteiger charge is 2.04.